The minimum Gasteiger partial charge on any atom is -0.364 e. The highest BCUT2D eigenvalue weighted by Crippen LogP contribution is 2.09. The van der Waals surface area contributed by atoms with Crippen molar-refractivity contribution in [1.29, 1.82) is 0 Å². The van der Waals surface area contributed by atoms with Gasteiger partial charge in [0.2, 0.25) is 0 Å². The van der Waals surface area contributed by atoms with E-state index < -0.39 is 0 Å². The van der Waals surface area contributed by atoms with Gasteiger partial charge in [-0.15, -0.1) is 0 Å². The van der Waals surface area contributed by atoms with Crippen molar-refractivity contribution < 1.29 is 9.32 Å². The van der Waals surface area contributed by atoms with Gasteiger partial charge in [-0.25, -0.2) is 0 Å². The molecule has 2 heterocycles. The summed E-state index contributed by atoms with van der Waals surface area (Å²) in [4.78, 5) is 15.7. The lowest BCUT2D eigenvalue weighted by Gasteiger charge is -2.04. The Morgan fingerprint density at radius 2 is 2.28 bits per heavy atom. The number of aromatic nitrogens is 2. The summed E-state index contributed by atoms with van der Waals surface area (Å²) >= 11 is 3.28. The normalized spacial score (nSPS) is 10.3. The van der Waals surface area contributed by atoms with E-state index in [1.54, 1.807) is 30.9 Å². The van der Waals surface area contributed by atoms with Crippen molar-refractivity contribution in [3.05, 3.63) is 46.5 Å². The summed E-state index contributed by atoms with van der Waals surface area (Å²) in [5, 5.41) is 6.46. The average molecular weight is 310 g/mol. The molecule has 0 aliphatic heterocycles. The first-order valence-electron chi connectivity index (χ1n) is 5.53. The molecular formula is C12H12BrN3O2. The van der Waals surface area contributed by atoms with Crippen molar-refractivity contribution in [2.45, 2.75) is 12.8 Å². The van der Waals surface area contributed by atoms with E-state index in [0.717, 1.165) is 22.9 Å². The van der Waals surface area contributed by atoms with Crippen LogP contribution in [0.5, 0.6) is 0 Å². The predicted molar refractivity (Wildman–Crippen MR) is 69.1 cm³/mol. The molecule has 2 aromatic rings. The summed E-state index contributed by atoms with van der Waals surface area (Å²) in [6.07, 6.45) is 8.15. The van der Waals surface area contributed by atoms with Crippen molar-refractivity contribution in [2.75, 3.05) is 6.54 Å². The number of nitrogens with zero attached hydrogens (tertiary/aromatic N) is 2. The van der Waals surface area contributed by atoms with E-state index in [4.69, 9.17) is 4.52 Å². The molecule has 0 aliphatic rings. The quantitative estimate of drug-likeness (QED) is 0.860. The Morgan fingerprint density at radius 1 is 1.39 bits per heavy atom. The molecule has 94 valence electrons. The summed E-state index contributed by atoms with van der Waals surface area (Å²) in [5.74, 6) is -0.117. The largest absolute Gasteiger partial charge is 0.364 e. The van der Waals surface area contributed by atoms with Crippen LogP contribution in [-0.4, -0.2) is 22.6 Å². The van der Waals surface area contributed by atoms with Crippen molar-refractivity contribution in [3.63, 3.8) is 0 Å². The molecule has 0 fully saturated rings. The standard InChI is InChI=1S/C12H12BrN3O2/c13-11-4-10(6-14-7-11)12(17)15-3-1-2-9-5-16-18-8-9/h4-8H,1-3H2,(H,15,17). The number of amides is 1. The molecule has 0 spiro atoms. The second-order valence-corrected chi connectivity index (χ2v) is 4.70. The van der Waals surface area contributed by atoms with E-state index in [1.165, 1.54) is 0 Å². The smallest absolute Gasteiger partial charge is 0.252 e. The highest BCUT2D eigenvalue weighted by molar-refractivity contribution is 9.10. The van der Waals surface area contributed by atoms with E-state index >= 15 is 0 Å². The van der Waals surface area contributed by atoms with Gasteiger partial charge in [0.15, 0.2) is 0 Å². The van der Waals surface area contributed by atoms with Crippen LogP contribution in [-0.2, 0) is 6.42 Å². The molecule has 2 rings (SSSR count). The first kappa shape index (κ1) is 12.8. The van der Waals surface area contributed by atoms with Crippen molar-refractivity contribution in [1.82, 2.24) is 15.5 Å². The van der Waals surface area contributed by atoms with Crippen LogP contribution in [0.15, 0.2) is 39.9 Å². The Labute approximate surface area is 113 Å². The Hall–Kier alpha value is -1.69. The predicted octanol–water partition coefficient (Wildman–Crippen LogP) is 2.19. The molecule has 18 heavy (non-hydrogen) atoms. The molecule has 1 N–H and O–H groups in total. The maximum absolute atomic E-state index is 11.8. The summed E-state index contributed by atoms with van der Waals surface area (Å²) in [5.41, 5.74) is 1.59. The second-order valence-electron chi connectivity index (χ2n) is 3.78. The lowest BCUT2D eigenvalue weighted by atomic mass is 10.2. The number of hydrogen-bond acceptors (Lipinski definition) is 4. The molecule has 0 radical (unpaired) electrons. The maximum Gasteiger partial charge on any atom is 0.252 e. The topological polar surface area (TPSA) is 68.0 Å². The zero-order chi connectivity index (χ0) is 12.8. The van der Waals surface area contributed by atoms with Crippen LogP contribution in [0.1, 0.15) is 22.3 Å². The molecule has 0 bridgehead atoms. The Bertz CT molecular complexity index is 514. The molecule has 0 saturated carbocycles. The van der Waals surface area contributed by atoms with Crippen LogP contribution in [0, 0.1) is 0 Å². The zero-order valence-corrected chi connectivity index (χ0v) is 11.2. The van der Waals surface area contributed by atoms with Crippen molar-refractivity contribution >= 4 is 21.8 Å². The number of rotatable bonds is 5. The first-order valence-corrected chi connectivity index (χ1v) is 6.32. The molecule has 6 heteroatoms. The minimum absolute atomic E-state index is 0.117. The first-order chi connectivity index (χ1) is 8.75. The van der Waals surface area contributed by atoms with Gasteiger partial charge in [0.1, 0.15) is 6.26 Å². The van der Waals surface area contributed by atoms with Crippen molar-refractivity contribution in [2.24, 2.45) is 0 Å². The minimum atomic E-state index is -0.117. The summed E-state index contributed by atoms with van der Waals surface area (Å²) in [6.45, 7) is 0.608. The SMILES string of the molecule is O=C(NCCCc1cnoc1)c1cncc(Br)c1. The highest BCUT2D eigenvalue weighted by atomic mass is 79.9. The summed E-state index contributed by atoms with van der Waals surface area (Å²) in [6, 6.07) is 1.74. The fourth-order valence-electron chi connectivity index (χ4n) is 1.48. The van der Waals surface area contributed by atoms with Crippen LogP contribution in [0.3, 0.4) is 0 Å². The number of hydrogen-bond donors (Lipinski definition) is 1. The van der Waals surface area contributed by atoms with Gasteiger partial charge in [0, 0.05) is 29.0 Å². The monoisotopic (exact) mass is 309 g/mol. The number of pyridine rings is 1. The fourth-order valence-corrected chi connectivity index (χ4v) is 1.85. The third-order valence-corrected chi connectivity index (χ3v) is 2.81. The third-order valence-electron chi connectivity index (χ3n) is 2.38. The van der Waals surface area contributed by atoms with Gasteiger partial charge in [-0.2, -0.15) is 0 Å². The van der Waals surface area contributed by atoms with E-state index in [1.807, 2.05) is 0 Å². The molecule has 5 nitrogen and oxygen atoms in total. The number of nitrogens with one attached hydrogen (secondary N) is 1. The van der Waals surface area contributed by atoms with Crippen LogP contribution in [0.2, 0.25) is 0 Å². The molecule has 1 amide bonds. The second kappa shape index (κ2) is 6.30. The van der Waals surface area contributed by atoms with Gasteiger partial charge in [-0.1, -0.05) is 5.16 Å². The highest BCUT2D eigenvalue weighted by Gasteiger charge is 2.05. The van der Waals surface area contributed by atoms with E-state index in [2.05, 4.69) is 31.4 Å². The van der Waals surface area contributed by atoms with Crippen LogP contribution < -0.4 is 5.32 Å². The van der Waals surface area contributed by atoms with Gasteiger partial charge in [-0.3, -0.25) is 9.78 Å². The Balaban J connectivity index is 1.75. The van der Waals surface area contributed by atoms with Gasteiger partial charge < -0.3 is 9.84 Å². The van der Waals surface area contributed by atoms with Crippen LogP contribution in [0.4, 0.5) is 0 Å². The lowest BCUT2D eigenvalue weighted by Crippen LogP contribution is -2.24. The maximum atomic E-state index is 11.8. The molecule has 0 saturated heterocycles. The molecule has 2 aromatic heterocycles. The number of halogens is 1. The average Bonchev–Trinajstić information content (AvgIpc) is 2.87. The van der Waals surface area contributed by atoms with Gasteiger partial charge >= 0.3 is 0 Å². The van der Waals surface area contributed by atoms with Crippen molar-refractivity contribution in [3.8, 4) is 0 Å². The number of carbonyl (C=O) groups excluding carboxylic acids is 1. The molecule has 0 atom stereocenters. The van der Waals surface area contributed by atoms with E-state index in [0.29, 0.717) is 12.1 Å². The number of carbonyl (C=O) groups is 1. The number of aryl methyl sites for hydroxylation is 1. The van der Waals surface area contributed by atoms with Crippen LogP contribution in [0.25, 0.3) is 0 Å². The van der Waals surface area contributed by atoms with E-state index in [-0.39, 0.29) is 5.91 Å². The van der Waals surface area contributed by atoms with Gasteiger partial charge in [-0.05, 0) is 34.8 Å². The molecule has 0 aromatic carbocycles. The van der Waals surface area contributed by atoms with E-state index in [9.17, 15) is 4.79 Å². The Kier molecular flexibility index (Phi) is 4.46. The Morgan fingerprint density at radius 3 is 3.00 bits per heavy atom. The fraction of sp³-hybridized carbons (Fsp3) is 0.250. The van der Waals surface area contributed by atoms with Gasteiger partial charge in [0.25, 0.3) is 5.91 Å². The summed E-state index contributed by atoms with van der Waals surface area (Å²) in [7, 11) is 0. The third kappa shape index (κ3) is 3.66. The molecule has 0 unspecified atom stereocenters. The molecular weight excluding hydrogens is 298 g/mol. The zero-order valence-electron chi connectivity index (χ0n) is 9.60. The lowest BCUT2D eigenvalue weighted by molar-refractivity contribution is 0.0953. The van der Waals surface area contributed by atoms with Gasteiger partial charge in [0.05, 0.1) is 11.8 Å². The molecule has 0 aliphatic carbocycles. The van der Waals surface area contributed by atoms with Crippen LogP contribution >= 0.6 is 15.9 Å². The summed E-state index contributed by atoms with van der Waals surface area (Å²) < 4.78 is 5.52.